The van der Waals surface area contributed by atoms with Gasteiger partial charge in [0.2, 0.25) is 0 Å². The Labute approximate surface area is 91.5 Å². The summed E-state index contributed by atoms with van der Waals surface area (Å²) in [5.74, 6) is 0. The largest absolute Gasteiger partial charge is 0.392 e. The molecule has 3 nitrogen and oxygen atoms in total. The number of hydrogen-bond acceptors (Lipinski definition) is 3. The lowest BCUT2D eigenvalue weighted by Gasteiger charge is -2.29. The van der Waals surface area contributed by atoms with Crippen LogP contribution in [0.3, 0.4) is 0 Å². The summed E-state index contributed by atoms with van der Waals surface area (Å²) in [7, 11) is 0. The number of nitrogens with one attached hydrogen (secondary N) is 1. The molecule has 0 aromatic rings. The molecule has 0 amide bonds. The zero-order valence-corrected chi connectivity index (χ0v) is 9.21. The fraction of sp³-hybridized carbons (Fsp3) is 0.917. The van der Waals surface area contributed by atoms with Gasteiger partial charge in [0.05, 0.1) is 12.2 Å². The standard InChI is InChI=1S/C12H20N2O/c13-8-7-12(5-6-12)9-14-10-3-1-2-4-11(10)15/h10-11,14-15H,1-7,9H2. The molecule has 0 heterocycles. The van der Waals surface area contributed by atoms with Crippen LogP contribution in [0.2, 0.25) is 0 Å². The van der Waals surface area contributed by atoms with Gasteiger partial charge < -0.3 is 10.4 Å². The van der Waals surface area contributed by atoms with Crippen molar-refractivity contribution in [2.45, 2.75) is 57.1 Å². The van der Waals surface area contributed by atoms with E-state index in [1.165, 1.54) is 19.3 Å². The molecule has 0 radical (unpaired) electrons. The van der Waals surface area contributed by atoms with Crippen LogP contribution >= 0.6 is 0 Å². The van der Waals surface area contributed by atoms with E-state index < -0.39 is 0 Å². The minimum absolute atomic E-state index is 0.170. The van der Waals surface area contributed by atoms with Gasteiger partial charge in [0.1, 0.15) is 0 Å². The van der Waals surface area contributed by atoms with Gasteiger partial charge in [0.15, 0.2) is 0 Å². The van der Waals surface area contributed by atoms with E-state index in [9.17, 15) is 5.11 Å². The maximum atomic E-state index is 9.79. The van der Waals surface area contributed by atoms with Crippen LogP contribution in [0, 0.1) is 16.7 Å². The smallest absolute Gasteiger partial charge is 0.0693 e. The Hall–Kier alpha value is -0.590. The molecule has 2 unspecified atom stereocenters. The summed E-state index contributed by atoms with van der Waals surface area (Å²) in [6.45, 7) is 0.919. The lowest BCUT2D eigenvalue weighted by atomic mass is 9.91. The summed E-state index contributed by atoms with van der Waals surface area (Å²) >= 11 is 0. The van der Waals surface area contributed by atoms with E-state index in [4.69, 9.17) is 5.26 Å². The molecule has 0 aliphatic heterocycles. The number of rotatable bonds is 4. The second-order valence-electron chi connectivity index (χ2n) is 5.17. The Morgan fingerprint density at radius 3 is 2.67 bits per heavy atom. The van der Waals surface area contributed by atoms with Crippen molar-refractivity contribution >= 4 is 0 Å². The van der Waals surface area contributed by atoms with Crippen LogP contribution < -0.4 is 5.32 Å². The molecule has 2 saturated carbocycles. The van der Waals surface area contributed by atoms with Crippen molar-refractivity contribution in [3.63, 3.8) is 0 Å². The van der Waals surface area contributed by atoms with Gasteiger partial charge in [0, 0.05) is 19.0 Å². The van der Waals surface area contributed by atoms with E-state index in [1.54, 1.807) is 0 Å². The summed E-state index contributed by atoms with van der Waals surface area (Å²) in [5, 5.41) is 22.0. The molecule has 2 aliphatic rings. The summed E-state index contributed by atoms with van der Waals surface area (Å²) < 4.78 is 0. The highest BCUT2D eigenvalue weighted by Crippen LogP contribution is 2.48. The Morgan fingerprint density at radius 2 is 2.07 bits per heavy atom. The number of nitriles is 1. The molecule has 2 rings (SSSR count). The lowest BCUT2D eigenvalue weighted by molar-refractivity contribution is 0.0882. The highest BCUT2D eigenvalue weighted by molar-refractivity contribution is 5.01. The SMILES string of the molecule is N#CCC1(CNC2CCCCC2O)CC1. The second kappa shape index (κ2) is 4.51. The first-order chi connectivity index (χ1) is 7.26. The van der Waals surface area contributed by atoms with E-state index in [0.717, 1.165) is 25.8 Å². The van der Waals surface area contributed by atoms with Crippen LogP contribution in [0.5, 0.6) is 0 Å². The number of aliphatic hydroxyl groups excluding tert-OH is 1. The van der Waals surface area contributed by atoms with E-state index in [0.29, 0.717) is 6.42 Å². The molecule has 2 atom stereocenters. The molecule has 15 heavy (non-hydrogen) atoms. The highest BCUT2D eigenvalue weighted by atomic mass is 16.3. The third-order valence-corrected chi connectivity index (χ3v) is 3.88. The molecule has 3 heteroatoms. The van der Waals surface area contributed by atoms with Crippen molar-refractivity contribution < 1.29 is 5.11 Å². The number of nitrogens with zero attached hydrogens (tertiary/aromatic N) is 1. The van der Waals surface area contributed by atoms with Crippen LogP contribution in [-0.2, 0) is 0 Å². The van der Waals surface area contributed by atoms with Crippen LogP contribution in [0.15, 0.2) is 0 Å². The van der Waals surface area contributed by atoms with Gasteiger partial charge in [-0.15, -0.1) is 0 Å². The van der Waals surface area contributed by atoms with Gasteiger partial charge in [-0.1, -0.05) is 12.8 Å². The average Bonchev–Trinajstić information content (AvgIpc) is 2.98. The van der Waals surface area contributed by atoms with Gasteiger partial charge >= 0.3 is 0 Å². The van der Waals surface area contributed by atoms with Crippen LogP contribution in [-0.4, -0.2) is 23.8 Å². The Bertz CT molecular complexity index is 255. The van der Waals surface area contributed by atoms with Crippen LogP contribution in [0.4, 0.5) is 0 Å². The fourth-order valence-electron chi connectivity index (χ4n) is 2.46. The molecule has 0 spiro atoms. The number of hydrogen-bond donors (Lipinski definition) is 2. The van der Waals surface area contributed by atoms with Crippen molar-refractivity contribution in [2.24, 2.45) is 5.41 Å². The molecule has 0 saturated heterocycles. The van der Waals surface area contributed by atoms with E-state index >= 15 is 0 Å². The van der Waals surface area contributed by atoms with Crippen molar-refractivity contribution in [3.8, 4) is 6.07 Å². The first-order valence-corrected chi connectivity index (χ1v) is 6.04. The van der Waals surface area contributed by atoms with Gasteiger partial charge in [0.25, 0.3) is 0 Å². The van der Waals surface area contributed by atoms with Gasteiger partial charge in [-0.3, -0.25) is 0 Å². The molecule has 2 aliphatic carbocycles. The maximum absolute atomic E-state index is 9.79. The number of aliphatic hydroxyl groups is 1. The summed E-state index contributed by atoms with van der Waals surface area (Å²) in [5.41, 5.74) is 0.256. The zero-order valence-electron chi connectivity index (χ0n) is 9.21. The highest BCUT2D eigenvalue weighted by Gasteiger charge is 2.42. The Balaban J connectivity index is 1.75. The Kier molecular flexibility index (Phi) is 3.28. The summed E-state index contributed by atoms with van der Waals surface area (Å²) in [6.07, 6.45) is 7.25. The Morgan fingerprint density at radius 1 is 1.33 bits per heavy atom. The van der Waals surface area contributed by atoms with Crippen LogP contribution in [0.25, 0.3) is 0 Å². The molecule has 84 valence electrons. The molecular formula is C12H20N2O. The zero-order chi connectivity index (χ0) is 10.7. The van der Waals surface area contributed by atoms with Crippen LogP contribution in [0.1, 0.15) is 44.9 Å². The molecule has 0 bridgehead atoms. The monoisotopic (exact) mass is 208 g/mol. The summed E-state index contributed by atoms with van der Waals surface area (Å²) in [6, 6.07) is 2.54. The predicted molar refractivity (Wildman–Crippen MR) is 58.2 cm³/mol. The molecule has 0 aromatic carbocycles. The fourth-order valence-corrected chi connectivity index (χ4v) is 2.46. The molecular weight excluding hydrogens is 188 g/mol. The normalized spacial score (nSPS) is 33.3. The van der Waals surface area contributed by atoms with Crippen molar-refractivity contribution in [2.75, 3.05) is 6.54 Å². The first kappa shape index (κ1) is 10.9. The van der Waals surface area contributed by atoms with E-state index in [2.05, 4.69) is 11.4 Å². The van der Waals surface area contributed by atoms with E-state index in [1.807, 2.05) is 0 Å². The summed E-state index contributed by atoms with van der Waals surface area (Å²) in [4.78, 5) is 0. The molecule has 2 N–H and O–H groups in total. The van der Waals surface area contributed by atoms with Gasteiger partial charge in [-0.05, 0) is 31.1 Å². The minimum atomic E-state index is -0.170. The van der Waals surface area contributed by atoms with Crippen molar-refractivity contribution in [3.05, 3.63) is 0 Å². The quantitative estimate of drug-likeness (QED) is 0.737. The first-order valence-electron chi connectivity index (χ1n) is 6.04. The third-order valence-electron chi connectivity index (χ3n) is 3.88. The predicted octanol–water partition coefficient (Wildman–Crippen LogP) is 1.57. The maximum Gasteiger partial charge on any atom is 0.0693 e. The lowest BCUT2D eigenvalue weighted by Crippen LogP contribution is -2.44. The molecule has 2 fully saturated rings. The topological polar surface area (TPSA) is 56.0 Å². The van der Waals surface area contributed by atoms with Crippen molar-refractivity contribution in [1.29, 1.82) is 5.26 Å². The minimum Gasteiger partial charge on any atom is -0.392 e. The van der Waals surface area contributed by atoms with E-state index in [-0.39, 0.29) is 17.6 Å². The average molecular weight is 208 g/mol. The van der Waals surface area contributed by atoms with Gasteiger partial charge in [-0.25, -0.2) is 0 Å². The van der Waals surface area contributed by atoms with Gasteiger partial charge in [-0.2, -0.15) is 5.26 Å². The third kappa shape index (κ3) is 2.70. The molecule has 0 aromatic heterocycles. The second-order valence-corrected chi connectivity index (χ2v) is 5.17. The van der Waals surface area contributed by atoms with Crippen molar-refractivity contribution in [1.82, 2.24) is 5.32 Å².